The van der Waals surface area contributed by atoms with Crippen LogP contribution in [0.25, 0.3) is 0 Å². The topological polar surface area (TPSA) is 15.3 Å². The second-order valence-corrected chi connectivity index (χ2v) is 7.78. The standard InChI is InChI=1S/C16H32N2/c1-6-7-10-18-12-16(5,13-8-9-13)17-11-14(18)15(2,3)4/h13-14,17H,6-12H2,1-5H3. The van der Waals surface area contributed by atoms with E-state index in [4.69, 9.17) is 0 Å². The van der Waals surface area contributed by atoms with Crippen LogP contribution in [0.5, 0.6) is 0 Å². The van der Waals surface area contributed by atoms with Crippen molar-refractivity contribution in [3.63, 3.8) is 0 Å². The number of nitrogens with zero attached hydrogens (tertiary/aromatic N) is 1. The largest absolute Gasteiger partial charge is 0.308 e. The summed E-state index contributed by atoms with van der Waals surface area (Å²) in [5.74, 6) is 0.933. The van der Waals surface area contributed by atoms with E-state index < -0.39 is 0 Å². The Balaban J connectivity index is 2.04. The first-order valence-electron chi connectivity index (χ1n) is 7.86. The SMILES string of the molecule is CCCCN1CC(C)(C2CC2)NCC1C(C)(C)C. The van der Waals surface area contributed by atoms with E-state index in [0.29, 0.717) is 17.0 Å². The lowest BCUT2D eigenvalue weighted by molar-refractivity contribution is 0.0195. The highest BCUT2D eigenvalue weighted by Crippen LogP contribution is 2.42. The van der Waals surface area contributed by atoms with E-state index in [9.17, 15) is 0 Å². The van der Waals surface area contributed by atoms with Gasteiger partial charge in [-0.1, -0.05) is 34.1 Å². The molecule has 2 nitrogen and oxygen atoms in total. The molecule has 1 aliphatic carbocycles. The molecule has 0 aromatic carbocycles. The Hall–Kier alpha value is -0.0800. The summed E-state index contributed by atoms with van der Waals surface area (Å²) in [6, 6.07) is 0.691. The summed E-state index contributed by atoms with van der Waals surface area (Å²) in [6.07, 6.45) is 5.52. The minimum absolute atomic E-state index is 0.381. The summed E-state index contributed by atoms with van der Waals surface area (Å²) < 4.78 is 0. The van der Waals surface area contributed by atoms with Crippen molar-refractivity contribution in [1.29, 1.82) is 0 Å². The lowest BCUT2D eigenvalue weighted by atomic mass is 9.80. The molecule has 1 heterocycles. The van der Waals surface area contributed by atoms with Crippen molar-refractivity contribution in [2.45, 2.75) is 71.9 Å². The van der Waals surface area contributed by atoms with Crippen molar-refractivity contribution in [2.75, 3.05) is 19.6 Å². The number of hydrogen-bond donors (Lipinski definition) is 1. The molecule has 1 aliphatic heterocycles. The minimum atomic E-state index is 0.381. The molecule has 0 amide bonds. The highest BCUT2D eigenvalue weighted by atomic mass is 15.3. The minimum Gasteiger partial charge on any atom is -0.308 e. The zero-order valence-corrected chi connectivity index (χ0v) is 13.1. The van der Waals surface area contributed by atoms with Gasteiger partial charge < -0.3 is 5.32 Å². The Morgan fingerprint density at radius 1 is 1.28 bits per heavy atom. The van der Waals surface area contributed by atoms with Gasteiger partial charge >= 0.3 is 0 Å². The Kier molecular flexibility index (Phi) is 4.08. The van der Waals surface area contributed by atoms with E-state index in [-0.39, 0.29) is 0 Å². The van der Waals surface area contributed by atoms with Gasteiger partial charge in [-0.2, -0.15) is 0 Å². The Morgan fingerprint density at radius 2 is 1.94 bits per heavy atom. The molecule has 0 aromatic heterocycles. The van der Waals surface area contributed by atoms with E-state index >= 15 is 0 Å². The Labute approximate surface area is 114 Å². The van der Waals surface area contributed by atoms with Crippen molar-refractivity contribution < 1.29 is 0 Å². The molecule has 2 rings (SSSR count). The molecule has 2 fully saturated rings. The van der Waals surface area contributed by atoms with Gasteiger partial charge in [0.25, 0.3) is 0 Å². The zero-order valence-electron chi connectivity index (χ0n) is 13.1. The van der Waals surface area contributed by atoms with Gasteiger partial charge in [0.15, 0.2) is 0 Å². The normalized spacial score (nSPS) is 34.8. The van der Waals surface area contributed by atoms with Crippen molar-refractivity contribution >= 4 is 0 Å². The molecule has 0 aromatic rings. The maximum Gasteiger partial charge on any atom is 0.0309 e. The quantitative estimate of drug-likeness (QED) is 0.826. The molecular weight excluding hydrogens is 220 g/mol. The van der Waals surface area contributed by atoms with Crippen LogP contribution in [-0.2, 0) is 0 Å². The summed E-state index contributed by atoms with van der Waals surface area (Å²) in [4.78, 5) is 2.78. The fraction of sp³-hybridized carbons (Fsp3) is 1.00. The monoisotopic (exact) mass is 252 g/mol. The Bertz CT molecular complexity index is 277. The average molecular weight is 252 g/mol. The molecule has 1 saturated carbocycles. The molecule has 2 unspecified atom stereocenters. The molecule has 18 heavy (non-hydrogen) atoms. The third kappa shape index (κ3) is 3.08. The summed E-state index contributed by atoms with van der Waals surface area (Å²) >= 11 is 0. The molecular formula is C16H32N2. The highest BCUT2D eigenvalue weighted by molar-refractivity contribution is 5.05. The van der Waals surface area contributed by atoms with Gasteiger partial charge in [0, 0.05) is 24.7 Å². The second-order valence-electron chi connectivity index (χ2n) is 7.78. The fourth-order valence-electron chi connectivity index (χ4n) is 3.49. The van der Waals surface area contributed by atoms with E-state index in [1.807, 2.05) is 0 Å². The van der Waals surface area contributed by atoms with Crippen molar-refractivity contribution in [2.24, 2.45) is 11.3 Å². The number of rotatable bonds is 4. The van der Waals surface area contributed by atoms with Crippen LogP contribution in [-0.4, -0.2) is 36.1 Å². The van der Waals surface area contributed by atoms with E-state index in [2.05, 4.69) is 44.8 Å². The summed E-state index contributed by atoms with van der Waals surface area (Å²) in [7, 11) is 0. The number of hydrogen-bond acceptors (Lipinski definition) is 2. The predicted octanol–water partition coefficient (Wildman–Crippen LogP) is 3.28. The Morgan fingerprint density at radius 3 is 2.44 bits per heavy atom. The molecule has 2 heteroatoms. The molecule has 0 spiro atoms. The van der Waals surface area contributed by atoms with Crippen LogP contribution in [0, 0.1) is 11.3 Å². The van der Waals surface area contributed by atoms with Gasteiger partial charge in [0.1, 0.15) is 0 Å². The molecule has 1 N–H and O–H groups in total. The maximum atomic E-state index is 3.88. The van der Waals surface area contributed by atoms with E-state index in [1.54, 1.807) is 0 Å². The van der Waals surface area contributed by atoms with Crippen LogP contribution in [0.15, 0.2) is 0 Å². The number of piperazine rings is 1. The first-order chi connectivity index (χ1) is 8.37. The molecule has 1 saturated heterocycles. The molecule has 106 valence electrons. The maximum absolute atomic E-state index is 3.88. The number of unbranched alkanes of at least 4 members (excludes halogenated alkanes) is 1. The van der Waals surface area contributed by atoms with E-state index in [0.717, 1.165) is 5.92 Å². The smallest absolute Gasteiger partial charge is 0.0309 e. The first kappa shape index (κ1) is 14.3. The zero-order chi connectivity index (χ0) is 13.4. The second kappa shape index (κ2) is 5.13. The van der Waals surface area contributed by atoms with E-state index in [1.165, 1.54) is 45.3 Å². The van der Waals surface area contributed by atoms with Crippen LogP contribution in [0.2, 0.25) is 0 Å². The molecule has 2 atom stereocenters. The van der Waals surface area contributed by atoms with Crippen molar-refractivity contribution in [1.82, 2.24) is 10.2 Å². The summed E-state index contributed by atoms with van der Waals surface area (Å²) in [5, 5.41) is 3.88. The average Bonchev–Trinajstić information content (AvgIpc) is 3.08. The lowest BCUT2D eigenvalue weighted by Crippen LogP contribution is -2.66. The van der Waals surface area contributed by atoms with Gasteiger partial charge in [-0.05, 0) is 44.1 Å². The summed E-state index contributed by atoms with van der Waals surface area (Å²) in [5.41, 5.74) is 0.765. The van der Waals surface area contributed by atoms with Gasteiger partial charge in [-0.15, -0.1) is 0 Å². The van der Waals surface area contributed by atoms with Crippen molar-refractivity contribution in [3.8, 4) is 0 Å². The molecule has 2 aliphatic rings. The summed E-state index contributed by atoms with van der Waals surface area (Å²) in [6.45, 7) is 15.6. The van der Waals surface area contributed by atoms with Crippen LogP contribution >= 0.6 is 0 Å². The fourth-order valence-corrected chi connectivity index (χ4v) is 3.49. The molecule has 0 radical (unpaired) electrons. The number of nitrogens with one attached hydrogen (secondary N) is 1. The first-order valence-corrected chi connectivity index (χ1v) is 7.86. The van der Waals surface area contributed by atoms with Crippen molar-refractivity contribution in [3.05, 3.63) is 0 Å². The van der Waals surface area contributed by atoms with Gasteiger partial charge in [-0.3, -0.25) is 4.90 Å². The van der Waals surface area contributed by atoms with Crippen LogP contribution in [0.4, 0.5) is 0 Å². The van der Waals surface area contributed by atoms with Gasteiger partial charge in [-0.25, -0.2) is 0 Å². The van der Waals surface area contributed by atoms with Crippen LogP contribution in [0.1, 0.15) is 60.3 Å². The third-order valence-corrected chi connectivity index (χ3v) is 4.95. The van der Waals surface area contributed by atoms with Crippen LogP contribution in [0.3, 0.4) is 0 Å². The van der Waals surface area contributed by atoms with Crippen LogP contribution < -0.4 is 5.32 Å². The van der Waals surface area contributed by atoms with Gasteiger partial charge in [0.2, 0.25) is 0 Å². The predicted molar refractivity (Wildman–Crippen MR) is 78.9 cm³/mol. The third-order valence-electron chi connectivity index (χ3n) is 4.95. The molecule has 0 bridgehead atoms. The lowest BCUT2D eigenvalue weighted by Gasteiger charge is -2.51. The van der Waals surface area contributed by atoms with Gasteiger partial charge in [0.05, 0.1) is 0 Å². The highest BCUT2D eigenvalue weighted by Gasteiger charge is 2.47.